The fourth-order valence-corrected chi connectivity index (χ4v) is 3.11. The highest BCUT2D eigenvalue weighted by molar-refractivity contribution is 9.10. The molecule has 0 fully saturated rings. The van der Waals surface area contributed by atoms with Gasteiger partial charge in [-0.3, -0.25) is 0 Å². The quantitative estimate of drug-likeness (QED) is 0.850. The number of thiazole rings is 1. The summed E-state index contributed by atoms with van der Waals surface area (Å²) in [6, 6.07) is 6.38. The van der Waals surface area contributed by atoms with Gasteiger partial charge in [0.25, 0.3) is 0 Å². The molecule has 1 aromatic carbocycles. The summed E-state index contributed by atoms with van der Waals surface area (Å²) in [5, 5.41) is 1.06. The smallest absolute Gasteiger partial charge is 0.134 e. The lowest BCUT2D eigenvalue weighted by atomic mass is 10.0. The highest BCUT2D eigenvalue weighted by atomic mass is 79.9. The summed E-state index contributed by atoms with van der Waals surface area (Å²) in [5.41, 5.74) is 7.21. The number of nitrogens with zero attached hydrogens (tertiary/aromatic N) is 1. The van der Waals surface area contributed by atoms with Gasteiger partial charge in [0.1, 0.15) is 12.4 Å². The van der Waals surface area contributed by atoms with Gasteiger partial charge in [-0.05, 0) is 53.4 Å². The SMILES string of the molecule is CCC(N)Cc1ccc(OCc2cnc(C)s2)c(Br)c1. The van der Waals surface area contributed by atoms with Crippen molar-refractivity contribution in [3.8, 4) is 5.75 Å². The van der Waals surface area contributed by atoms with Crippen LogP contribution in [0.2, 0.25) is 0 Å². The van der Waals surface area contributed by atoms with Crippen LogP contribution in [-0.4, -0.2) is 11.0 Å². The molecule has 0 aliphatic heterocycles. The largest absolute Gasteiger partial charge is 0.487 e. The van der Waals surface area contributed by atoms with E-state index in [1.54, 1.807) is 11.3 Å². The van der Waals surface area contributed by atoms with E-state index in [4.69, 9.17) is 10.5 Å². The number of ether oxygens (including phenoxy) is 1. The number of rotatable bonds is 6. The summed E-state index contributed by atoms with van der Waals surface area (Å²) in [4.78, 5) is 5.35. The molecule has 0 spiro atoms. The average molecular weight is 355 g/mol. The van der Waals surface area contributed by atoms with Crippen LogP contribution >= 0.6 is 27.3 Å². The maximum absolute atomic E-state index is 5.98. The van der Waals surface area contributed by atoms with Gasteiger partial charge in [-0.2, -0.15) is 0 Å². The molecule has 0 saturated carbocycles. The second-order valence-corrected chi connectivity index (χ2v) is 6.95. The van der Waals surface area contributed by atoms with Gasteiger partial charge in [0.05, 0.1) is 14.4 Å². The highest BCUT2D eigenvalue weighted by Crippen LogP contribution is 2.28. The zero-order valence-electron chi connectivity index (χ0n) is 11.7. The molecule has 2 aromatic rings. The van der Waals surface area contributed by atoms with E-state index >= 15 is 0 Å². The third kappa shape index (κ3) is 4.30. The molecule has 5 heteroatoms. The third-order valence-corrected chi connectivity index (χ3v) is 4.56. The number of aromatic nitrogens is 1. The molecule has 0 aliphatic rings. The van der Waals surface area contributed by atoms with Crippen LogP contribution in [-0.2, 0) is 13.0 Å². The summed E-state index contributed by atoms with van der Waals surface area (Å²) >= 11 is 5.22. The van der Waals surface area contributed by atoms with E-state index in [2.05, 4.69) is 40.0 Å². The van der Waals surface area contributed by atoms with Crippen LogP contribution in [0.3, 0.4) is 0 Å². The third-order valence-electron chi connectivity index (χ3n) is 3.06. The molecule has 0 saturated heterocycles. The molecule has 0 amide bonds. The van der Waals surface area contributed by atoms with Crippen molar-refractivity contribution in [3.63, 3.8) is 0 Å². The van der Waals surface area contributed by atoms with Crippen molar-refractivity contribution in [3.05, 3.63) is 44.3 Å². The topological polar surface area (TPSA) is 48.1 Å². The van der Waals surface area contributed by atoms with Crippen molar-refractivity contribution < 1.29 is 4.74 Å². The molecule has 2 rings (SSSR count). The molecule has 108 valence electrons. The molecule has 20 heavy (non-hydrogen) atoms. The van der Waals surface area contributed by atoms with Gasteiger partial charge in [0, 0.05) is 12.2 Å². The first-order chi connectivity index (χ1) is 9.58. The molecule has 1 unspecified atom stereocenters. The van der Waals surface area contributed by atoms with Crippen LogP contribution < -0.4 is 10.5 Å². The Bertz CT molecular complexity index is 571. The van der Waals surface area contributed by atoms with Gasteiger partial charge in [0.2, 0.25) is 0 Å². The predicted molar refractivity (Wildman–Crippen MR) is 87.3 cm³/mol. The van der Waals surface area contributed by atoms with E-state index in [1.165, 1.54) is 5.56 Å². The van der Waals surface area contributed by atoms with E-state index < -0.39 is 0 Å². The van der Waals surface area contributed by atoms with Crippen LogP contribution in [0.15, 0.2) is 28.9 Å². The van der Waals surface area contributed by atoms with Gasteiger partial charge in [-0.1, -0.05) is 13.0 Å². The van der Waals surface area contributed by atoms with E-state index in [-0.39, 0.29) is 6.04 Å². The number of halogens is 1. The minimum absolute atomic E-state index is 0.217. The second-order valence-electron chi connectivity index (χ2n) is 4.77. The molecule has 1 heterocycles. The molecule has 1 atom stereocenters. The highest BCUT2D eigenvalue weighted by Gasteiger charge is 2.07. The number of hydrogen-bond acceptors (Lipinski definition) is 4. The summed E-state index contributed by atoms with van der Waals surface area (Å²) in [5.74, 6) is 0.852. The Kier molecular flexibility index (Phi) is 5.57. The molecule has 0 aliphatic carbocycles. The first-order valence-corrected chi connectivity index (χ1v) is 8.27. The zero-order valence-corrected chi connectivity index (χ0v) is 14.1. The minimum atomic E-state index is 0.217. The first-order valence-electron chi connectivity index (χ1n) is 6.66. The van der Waals surface area contributed by atoms with Crippen LogP contribution in [0.4, 0.5) is 0 Å². The van der Waals surface area contributed by atoms with Crippen LogP contribution in [0.1, 0.15) is 28.8 Å². The second kappa shape index (κ2) is 7.20. The predicted octanol–water partition coefficient (Wildman–Crippen LogP) is 4.07. The molecule has 3 nitrogen and oxygen atoms in total. The Morgan fingerprint density at radius 1 is 1.45 bits per heavy atom. The number of benzene rings is 1. The van der Waals surface area contributed by atoms with E-state index in [0.29, 0.717) is 6.61 Å². The van der Waals surface area contributed by atoms with Crippen LogP contribution in [0.5, 0.6) is 5.75 Å². The minimum Gasteiger partial charge on any atom is -0.487 e. The lowest BCUT2D eigenvalue weighted by molar-refractivity contribution is 0.307. The Balaban J connectivity index is 1.98. The Morgan fingerprint density at radius 3 is 2.85 bits per heavy atom. The molecular weight excluding hydrogens is 336 g/mol. The van der Waals surface area contributed by atoms with Crippen molar-refractivity contribution >= 4 is 27.3 Å². The van der Waals surface area contributed by atoms with E-state index in [1.807, 2.05) is 19.2 Å². The summed E-state index contributed by atoms with van der Waals surface area (Å²) in [7, 11) is 0. The van der Waals surface area contributed by atoms with Crippen LogP contribution in [0, 0.1) is 6.92 Å². The number of nitrogens with two attached hydrogens (primary N) is 1. The maximum atomic E-state index is 5.98. The standard InChI is InChI=1S/C15H19BrN2OS/c1-3-12(17)6-11-4-5-15(14(16)7-11)19-9-13-8-18-10(2)20-13/h4-5,7-8,12H,3,6,9,17H2,1-2H3. The lowest BCUT2D eigenvalue weighted by Crippen LogP contribution is -2.21. The Labute approximate surface area is 132 Å². The van der Waals surface area contributed by atoms with Crippen molar-refractivity contribution in [2.45, 2.75) is 39.3 Å². The van der Waals surface area contributed by atoms with Crippen molar-refractivity contribution in [2.24, 2.45) is 5.73 Å². The monoisotopic (exact) mass is 354 g/mol. The fourth-order valence-electron chi connectivity index (χ4n) is 1.86. The number of hydrogen-bond donors (Lipinski definition) is 1. The van der Waals surface area contributed by atoms with Crippen LogP contribution in [0.25, 0.3) is 0 Å². The normalized spacial score (nSPS) is 12.4. The lowest BCUT2D eigenvalue weighted by Gasteiger charge is -2.11. The molecule has 0 bridgehead atoms. The summed E-state index contributed by atoms with van der Waals surface area (Å²) < 4.78 is 6.79. The molecular formula is C15H19BrN2OS. The average Bonchev–Trinajstić information content (AvgIpc) is 2.83. The first kappa shape index (κ1) is 15.5. The van der Waals surface area contributed by atoms with Gasteiger partial charge in [0.15, 0.2) is 0 Å². The zero-order chi connectivity index (χ0) is 14.5. The summed E-state index contributed by atoms with van der Waals surface area (Å²) in [6.45, 7) is 4.65. The molecule has 1 aromatic heterocycles. The van der Waals surface area contributed by atoms with Gasteiger partial charge < -0.3 is 10.5 Å². The van der Waals surface area contributed by atoms with E-state index in [9.17, 15) is 0 Å². The summed E-state index contributed by atoms with van der Waals surface area (Å²) in [6.07, 6.45) is 3.74. The van der Waals surface area contributed by atoms with Crippen molar-refractivity contribution in [2.75, 3.05) is 0 Å². The molecule has 0 radical (unpaired) electrons. The Hall–Kier alpha value is -0.910. The fraction of sp³-hybridized carbons (Fsp3) is 0.400. The van der Waals surface area contributed by atoms with Gasteiger partial charge >= 0.3 is 0 Å². The molecule has 2 N–H and O–H groups in total. The van der Waals surface area contributed by atoms with E-state index in [0.717, 1.165) is 32.9 Å². The maximum Gasteiger partial charge on any atom is 0.134 e. The van der Waals surface area contributed by atoms with Crippen molar-refractivity contribution in [1.29, 1.82) is 0 Å². The Morgan fingerprint density at radius 2 is 2.25 bits per heavy atom. The number of aryl methyl sites for hydroxylation is 1. The van der Waals surface area contributed by atoms with Gasteiger partial charge in [-0.15, -0.1) is 11.3 Å². The van der Waals surface area contributed by atoms with Crippen molar-refractivity contribution in [1.82, 2.24) is 4.98 Å². The van der Waals surface area contributed by atoms with Gasteiger partial charge in [-0.25, -0.2) is 4.98 Å².